The smallest absolute Gasteiger partial charge is 0.170 e. The maximum atomic E-state index is 10.3. The van der Waals surface area contributed by atoms with Crippen LogP contribution in [0.5, 0.6) is 0 Å². The van der Waals surface area contributed by atoms with Crippen LogP contribution in [0.1, 0.15) is 17.4 Å². The molecular formula is C6H9N3O. The molecule has 0 fully saturated rings. The van der Waals surface area contributed by atoms with Crippen molar-refractivity contribution in [3.63, 3.8) is 0 Å². The van der Waals surface area contributed by atoms with E-state index in [1.165, 1.54) is 6.20 Å². The summed E-state index contributed by atoms with van der Waals surface area (Å²) in [6, 6.07) is 0. The van der Waals surface area contributed by atoms with Crippen LogP contribution in [-0.2, 0) is 6.54 Å². The number of anilines is 1. The summed E-state index contributed by atoms with van der Waals surface area (Å²) in [7, 11) is 0. The van der Waals surface area contributed by atoms with Crippen LogP contribution in [0.3, 0.4) is 0 Å². The van der Waals surface area contributed by atoms with E-state index in [1.807, 2.05) is 6.92 Å². The summed E-state index contributed by atoms with van der Waals surface area (Å²) in [5.74, 6) is 0. The molecule has 1 heterocycles. The third kappa shape index (κ3) is 0.877. The molecule has 1 aromatic rings. The van der Waals surface area contributed by atoms with E-state index in [0.717, 1.165) is 0 Å². The number of hydrogen-bond acceptors (Lipinski definition) is 3. The number of aromatic nitrogens is 2. The van der Waals surface area contributed by atoms with Gasteiger partial charge in [0.1, 0.15) is 5.69 Å². The van der Waals surface area contributed by atoms with Crippen molar-refractivity contribution in [1.82, 2.24) is 9.78 Å². The molecule has 1 aromatic heterocycles. The molecular weight excluding hydrogens is 130 g/mol. The number of hydrogen-bond donors (Lipinski definition) is 1. The van der Waals surface area contributed by atoms with Gasteiger partial charge in [0, 0.05) is 6.54 Å². The minimum Gasteiger partial charge on any atom is -0.396 e. The largest absolute Gasteiger partial charge is 0.396 e. The van der Waals surface area contributed by atoms with E-state index in [4.69, 9.17) is 5.73 Å². The summed E-state index contributed by atoms with van der Waals surface area (Å²) in [5, 5.41) is 3.87. The summed E-state index contributed by atoms with van der Waals surface area (Å²) < 4.78 is 1.56. The van der Waals surface area contributed by atoms with Crippen LogP contribution in [0, 0.1) is 0 Å². The average Bonchev–Trinajstić information content (AvgIpc) is 2.30. The van der Waals surface area contributed by atoms with E-state index < -0.39 is 0 Å². The van der Waals surface area contributed by atoms with Gasteiger partial charge in [0.25, 0.3) is 0 Å². The molecule has 0 aromatic carbocycles. The lowest BCUT2D eigenvalue weighted by atomic mass is 10.4. The van der Waals surface area contributed by atoms with Crippen LogP contribution >= 0.6 is 0 Å². The lowest BCUT2D eigenvalue weighted by molar-refractivity contribution is 0.111. The van der Waals surface area contributed by atoms with E-state index in [1.54, 1.807) is 4.68 Å². The Morgan fingerprint density at radius 2 is 2.60 bits per heavy atom. The van der Waals surface area contributed by atoms with Crippen molar-refractivity contribution in [1.29, 1.82) is 0 Å². The molecule has 0 aliphatic rings. The Kier molecular flexibility index (Phi) is 1.71. The number of aldehydes is 1. The lowest BCUT2D eigenvalue weighted by Crippen LogP contribution is -2.02. The minimum atomic E-state index is 0.442. The molecule has 1 rings (SSSR count). The Labute approximate surface area is 58.6 Å². The van der Waals surface area contributed by atoms with E-state index in [-0.39, 0.29) is 0 Å². The van der Waals surface area contributed by atoms with Crippen LogP contribution < -0.4 is 5.73 Å². The molecule has 0 saturated heterocycles. The van der Waals surface area contributed by atoms with Crippen molar-refractivity contribution in [3.05, 3.63) is 11.9 Å². The molecule has 4 heteroatoms. The predicted molar refractivity (Wildman–Crippen MR) is 37.7 cm³/mol. The van der Waals surface area contributed by atoms with Crippen LogP contribution in [0.2, 0.25) is 0 Å². The van der Waals surface area contributed by atoms with Crippen molar-refractivity contribution in [2.45, 2.75) is 13.5 Å². The van der Waals surface area contributed by atoms with Crippen molar-refractivity contribution >= 4 is 12.0 Å². The van der Waals surface area contributed by atoms with Gasteiger partial charge in [-0.15, -0.1) is 0 Å². The molecule has 0 aliphatic carbocycles. The Bertz CT molecular complexity index is 241. The molecule has 0 unspecified atom stereocenters. The van der Waals surface area contributed by atoms with Crippen LogP contribution in [0.25, 0.3) is 0 Å². The minimum absolute atomic E-state index is 0.442. The quantitative estimate of drug-likeness (QED) is 0.599. The molecule has 4 nitrogen and oxygen atoms in total. The first-order valence-corrected chi connectivity index (χ1v) is 3.06. The topological polar surface area (TPSA) is 60.9 Å². The monoisotopic (exact) mass is 139 g/mol. The highest BCUT2D eigenvalue weighted by Crippen LogP contribution is 2.06. The second kappa shape index (κ2) is 2.51. The van der Waals surface area contributed by atoms with E-state index in [0.29, 0.717) is 24.2 Å². The zero-order valence-electron chi connectivity index (χ0n) is 5.74. The number of carbonyl (C=O) groups is 1. The first kappa shape index (κ1) is 6.80. The molecule has 54 valence electrons. The van der Waals surface area contributed by atoms with Crippen molar-refractivity contribution in [2.24, 2.45) is 0 Å². The summed E-state index contributed by atoms with van der Waals surface area (Å²) in [4.78, 5) is 10.3. The lowest BCUT2D eigenvalue weighted by Gasteiger charge is -1.95. The van der Waals surface area contributed by atoms with Crippen LogP contribution in [0.15, 0.2) is 6.20 Å². The fraction of sp³-hybridized carbons (Fsp3) is 0.333. The third-order valence-corrected chi connectivity index (χ3v) is 1.32. The highest BCUT2D eigenvalue weighted by Gasteiger charge is 2.03. The van der Waals surface area contributed by atoms with Gasteiger partial charge in [-0.2, -0.15) is 5.10 Å². The summed E-state index contributed by atoms with van der Waals surface area (Å²) in [6.45, 7) is 2.57. The molecule has 2 N–H and O–H groups in total. The average molecular weight is 139 g/mol. The number of rotatable bonds is 2. The number of nitrogens with two attached hydrogens (primary N) is 1. The summed E-state index contributed by atoms with van der Waals surface area (Å²) >= 11 is 0. The van der Waals surface area contributed by atoms with Gasteiger partial charge in [0.2, 0.25) is 0 Å². The maximum Gasteiger partial charge on any atom is 0.170 e. The Morgan fingerprint density at radius 1 is 1.90 bits per heavy atom. The summed E-state index contributed by atoms with van der Waals surface area (Å²) in [5.41, 5.74) is 6.32. The highest BCUT2D eigenvalue weighted by atomic mass is 16.1. The number of aryl methyl sites for hydroxylation is 1. The first-order valence-electron chi connectivity index (χ1n) is 3.06. The van der Waals surface area contributed by atoms with Crippen LogP contribution in [-0.4, -0.2) is 16.1 Å². The van der Waals surface area contributed by atoms with Gasteiger partial charge < -0.3 is 5.73 Å². The molecule has 0 radical (unpaired) electrons. The first-order chi connectivity index (χ1) is 4.79. The van der Waals surface area contributed by atoms with Gasteiger partial charge in [0.15, 0.2) is 6.29 Å². The molecule has 10 heavy (non-hydrogen) atoms. The van der Waals surface area contributed by atoms with Gasteiger partial charge in [-0.3, -0.25) is 9.48 Å². The van der Waals surface area contributed by atoms with Gasteiger partial charge in [-0.1, -0.05) is 0 Å². The molecule has 0 atom stereocenters. The van der Waals surface area contributed by atoms with E-state index >= 15 is 0 Å². The molecule has 0 saturated carbocycles. The Balaban J connectivity index is 3.12. The second-order valence-electron chi connectivity index (χ2n) is 1.92. The Hall–Kier alpha value is -1.32. The van der Waals surface area contributed by atoms with E-state index in [2.05, 4.69) is 5.10 Å². The number of nitrogen functional groups attached to an aromatic ring is 1. The third-order valence-electron chi connectivity index (χ3n) is 1.32. The standard InChI is InChI=1S/C6H9N3O/c1-2-9-6(4-10)5(7)3-8-9/h3-4H,2,7H2,1H3. The molecule has 0 spiro atoms. The highest BCUT2D eigenvalue weighted by molar-refractivity contribution is 5.80. The van der Waals surface area contributed by atoms with Crippen LogP contribution in [0.4, 0.5) is 5.69 Å². The predicted octanol–water partition coefficient (Wildman–Crippen LogP) is 0.298. The SMILES string of the molecule is CCn1ncc(N)c1C=O. The maximum absolute atomic E-state index is 10.3. The summed E-state index contributed by atoms with van der Waals surface area (Å²) in [6.07, 6.45) is 2.19. The zero-order chi connectivity index (χ0) is 7.56. The number of nitrogens with zero attached hydrogens (tertiary/aromatic N) is 2. The fourth-order valence-corrected chi connectivity index (χ4v) is 0.790. The van der Waals surface area contributed by atoms with Gasteiger partial charge >= 0.3 is 0 Å². The number of carbonyl (C=O) groups excluding carboxylic acids is 1. The van der Waals surface area contributed by atoms with Crippen molar-refractivity contribution < 1.29 is 4.79 Å². The van der Waals surface area contributed by atoms with Crippen molar-refractivity contribution in [3.8, 4) is 0 Å². The van der Waals surface area contributed by atoms with Gasteiger partial charge in [-0.25, -0.2) is 0 Å². The zero-order valence-corrected chi connectivity index (χ0v) is 5.74. The van der Waals surface area contributed by atoms with E-state index in [9.17, 15) is 4.79 Å². The Morgan fingerprint density at radius 3 is 3.00 bits per heavy atom. The normalized spacial score (nSPS) is 9.70. The van der Waals surface area contributed by atoms with Gasteiger partial charge in [0.05, 0.1) is 11.9 Å². The second-order valence-corrected chi connectivity index (χ2v) is 1.92. The van der Waals surface area contributed by atoms with Crippen molar-refractivity contribution in [2.75, 3.05) is 5.73 Å². The fourth-order valence-electron chi connectivity index (χ4n) is 0.790. The molecule has 0 aliphatic heterocycles. The molecule has 0 bridgehead atoms. The van der Waals surface area contributed by atoms with Gasteiger partial charge in [-0.05, 0) is 6.92 Å². The molecule has 0 amide bonds.